The van der Waals surface area contributed by atoms with E-state index in [-0.39, 0.29) is 0 Å². The molecule has 0 saturated heterocycles. The van der Waals surface area contributed by atoms with Crippen LogP contribution in [-0.2, 0) is 5.88 Å². The Bertz CT molecular complexity index is 456. The minimum absolute atomic E-state index is 0.409. The second-order valence-electron chi connectivity index (χ2n) is 2.80. The maximum absolute atomic E-state index is 5.87. The summed E-state index contributed by atoms with van der Waals surface area (Å²) in [5.41, 5.74) is 0. The number of fused-ring (bicyclic) bond motifs is 1. The van der Waals surface area contributed by atoms with E-state index in [0.29, 0.717) is 5.88 Å². The van der Waals surface area contributed by atoms with Crippen molar-refractivity contribution >= 4 is 35.4 Å². The van der Waals surface area contributed by atoms with Gasteiger partial charge in [-0.05, 0) is 12.2 Å². The summed E-state index contributed by atoms with van der Waals surface area (Å²) in [5.74, 6) is 1.21. The lowest BCUT2D eigenvalue weighted by Crippen LogP contribution is -2.23. The topological polar surface area (TPSA) is 28.7 Å². The molecule has 0 fully saturated rings. The van der Waals surface area contributed by atoms with Crippen LogP contribution in [-0.4, -0.2) is 9.97 Å². The van der Waals surface area contributed by atoms with Crippen LogP contribution in [0.5, 0.6) is 0 Å². The van der Waals surface area contributed by atoms with E-state index in [2.05, 4.69) is 9.97 Å². The van der Waals surface area contributed by atoms with Crippen LogP contribution in [0, 0.1) is 0 Å². The first kappa shape index (κ1) is 8.85. The van der Waals surface area contributed by atoms with Gasteiger partial charge in [-0.1, -0.05) is 17.7 Å². The fourth-order valence-electron chi connectivity index (χ4n) is 1.23. The number of imidazole rings is 1. The molecule has 1 aromatic rings. The number of hydrogen-bond donors (Lipinski definition) is 1. The third kappa shape index (κ3) is 1.79. The second-order valence-corrected chi connectivity index (χ2v) is 3.56. The van der Waals surface area contributed by atoms with Crippen LogP contribution < -0.4 is 10.7 Å². The maximum atomic E-state index is 5.87. The van der Waals surface area contributed by atoms with Gasteiger partial charge in [0.15, 0.2) is 0 Å². The second kappa shape index (κ2) is 3.56. The Kier molecular flexibility index (Phi) is 2.42. The SMILES string of the molecule is ClCc1nc2c([nH]1)=CC=C(Cl)CC=2. The minimum Gasteiger partial charge on any atom is -0.341 e. The van der Waals surface area contributed by atoms with Crippen LogP contribution in [0.1, 0.15) is 12.2 Å². The Morgan fingerprint density at radius 2 is 2.31 bits per heavy atom. The normalized spacial score (nSPS) is 15.1. The zero-order valence-electron chi connectivity index (χ0n) is 6.85. The third-order valence-corrected chi connectivity index (χ3v) is 2.39. The fourth-order valence-corrected chi connectivity index (χ4v) is 1.50. The number of nitrogens with one attached hydrogen (secondary N) is 1. The van der Waals surface area contributed by atoms with Gasteiger partial charge in [0.25, 0.3) is 0 Å². The molecule has 0 aromatic carbocycles. The van der Waals surface area contributed by atoms with Crippen LogP contribution in [0.15, 0.2) is 11.1 Å². The minimum atomic E-state index is 0.409. The van der Waals surface area contributed by atoms with E-state index in [4.69, 9.17) is 23.2 Å². The smallest absolute Gasteiger partial charge is 0.122 e. The first-order chi connectivity index (χ1) is 6.29. The van der Waals surface area contributed by atoms with Gasteiger partial charge < -0.3 is 4.98 Å². The van der Waals surface area contributed by atoms with E-state index >= 15 is 0 Å². The van der Waals surface area contributed by atoms with Crippen LogP contribution in [0.2, 0.25) is 0 Å². The maximum Gasteiger partial charge on any atom is 0.122 e. The monoisotopic (exact) mass is 214 g/mol. The molecule has 0 saturated carbocycles. The van der Waals surface area contributed by atoms with Crippen LogP contribution in [0.25, 0.3) is 12.2 Å². The van der Waals surface area contributed by atoms with Crippen molar-refractivity contribution in [1.82, 2.24) is 9.97 Å². The van der Waals surface area contributed by atoms with Gasteiger partial charge in [-0.3, -0.25) is 0 Å². The highest BCUT2D eigenvalue weighted by Crippen LogP contribution is 2.08. The summed E-state index contributed by atoms with van der Waals surface area (Å²) < 4.78 is 0. The lowest BCUT2D eigenvalue weighted by molar-refractivity contribution is 1.10. The molecule has 2 nitrogen and oxygen atoms in total. The van der Waals surface area contributed by atoms with Crippen molar-refractivity contribution in [2.45, 2.75) is 12.3 Å². The van der Waals surface area contributed by atoms with Gasteiger partial charge in [-0.15, -0.1) is 11.6 Å². The van der Waals surface area contributed by atoms with E-state index in [1.165, 1.54) is 0 Å². The molecule has 1 aliphatic carbocycles. The highest BCUT2D eigenvalue weighted by atomic mass is 35.5. The molecular weight excluding hydrogens is 207 g/mol. The number of aromatic nitrogens is 2. The van der Waals surface area contributed by atoms with E-state index in [1.54, 1.807) is 0 Å². The summed E-state index contributed by atoms with van der Waals surface area (Å²) in [6.45, 7) is 0. The summed E-state index contributed by atoms with van der Waals surface area (Å²) in [7, 11) is 0. The van der Waals surface area contributed by atoms with Crippen molar-refractivity contribution in [3.05, 3.63) is 27.6 Å². The van der Waals surface area contributed by atoms with Gasteiger partial charge in [0.05, 0.1) is 16.6 Å². The third-order valence-electron chi connectivity index (χ3n) is 1.86. The number of halogens is 2. The Balaban J connectivity index is 2.61. The van der Waals surface area contributed by atoms with Gasteiger partial charge in [0.2, 0.25) is 0 Å². The molecule has 0 radical (unpaired) electrons. The van der Waals surface area contributed by atoms with E-state index in [1.807, 2.05) is 18.2 Å². The molecule has 0 atom stereocenters. The van der Waals surface area contributed by atoms with Gasteiger partial charge in [0, 0.05) is 11.5 Å². The Morgan fingerprint density at radius 1 is 1.46 bits per heavy atom. The predicted octanol–water partition coefficient (Wildman–Crippen LogP) is 1.24. The molecule has 1 aliphatic rings. The summed E-state index contributed by atoms with van der Waals surface area (Å²) in [4.78, 5) is 7.41. The first-order valence-electron chi connectivity index (χ1n) is 3.97. The number of allylic oxidation sites excluding steroid dienone is 2. The molecule has 1 N–H and O–H groups in total. The van der Waals surface area contributed by atoms with Crippen LogP contribution in [0.3, 0.4) is 0 Å². The molecule has 1 heterocycles. The molecule has 4 heteroatoms. The fraction of sp³-hybridized carbons (Fsp3) is 0.222. The Hall–Kier alpha value is -0.730. The zero-order valence-corrected chi connectivity index (χ0v) is 8.36. The summed E-state index contributed by atoms with van der Waals surface area (Å²) in [6.07, 6.45) is 6.52. The van der Waals surface area contributed by atoms with Crippen molar-refractivity contribution < 1.29 is 0 Å². The summed E-state index contributed by atoms with van der Waals surface area (Å²) >= 11 is 11.5. The van der Waals surface area contributed by atoms with Gasteiger partial charge in [-0.25, -0.2) is 4.98 Å². The van der Waals surface area contributed by atoms with Crippen LogP contribution in [0.4, 0.5) is 0 Å². The highest BCUT2D eigenvalue weighted by Gasteiger charge is 1.99. The van der Waals surface area contributed by atoms with Gasteiger partial charge in [-0.2, -0.15) is 0 Å². The van der Waals surface area contributed by atoms with Crippen molar-refractivity contribution in [2.24, 2.45) is 0 Å². The molecule has 0 spiro atoms. The number of hydrogen-bond acceptors (Lipinski definition) is 1. The largest absolute Gasteiger partial charge is 0.341 e. The molecule has 1 aromatic heterocycles. The van der Waals surface area contributed by atoms with Crippen molar-refractivity contribution in [2.75, 3.05) is 0 Å². The molecule has 0 aliphatic heterocycles. The van der Waals surface area contributed by atoms with Crippen molar-refractivity contribution in [1.29, 1.82) is 0 Å². The average molecular weight is 215 g/mol. The van der Waals surface area contributed by atoms with Gasteiger partial charge >= 0.3 is 0 Å². The molecular formula is C9H8Cl2N2. The number of alkyl halides is 1. The van der Waals surface area contributed by atoms with E-state index in [0.717, 1.165) is 28.0 Å². The van der Waals surface area contributed by atoms with Gasteiger partial charge in [0.1, 0.15) is 5.82 Å². The number of nitrogens with zero attached hydrogens (tertiary/aromatic N) is 1. The molecule has 0 bridgehead atoms. The Labute approximate surface area is 85.6 Å². The van der Waals surface area contributed by atoms with E-state index < -0.39 is 0 Å². The van der Waals surface area contributed by atoms with Crippen LogP contribution >= 0.6 is 23.2 Å². The van der Waals surface area contributed by atoms with E-state index in [9.17, 15) is 0 Å². The zero-order chi connectivity index (χ0) is 9.26. The molecule has 0 unspecified atom stereocenters. The molecule has 13 heavy (non-hydrogen) atoms. The summed E-state index contributed by atoms with van der Waals surface area (Å²) in [5, 5.41) is 2.73. The quantitative estimate of drug-likeness (QED) is 0.701. The molecule has 2 rings (SSSR count). The Morgan fingerprint density at radius 3 is 3.08 bits per heavy atom. The predicted molar refractivity (Wildman–Crippen MR) is 54.9 cm³/mol. The number of rotatable bonds is 1. The highest BCUT2D eigenvalue weighted by molar-refractivity contribution is 6.30. The summed E-state index contributed by atoms with van der Waals surface area (Å²) in [6, 6.07) is 0. The number of H-pyrrole nitrogens is 1. The lowest BCUT2D eigenvalue weighted by atomic mass is 10.4. The average Bonchev–Trinajstić information content (AvgIpc) is 2.47. The molecule has 0 amide bonds. The lowest BCUT2D eigenvalue weighted by Gasteiger charge is -1.85. The first-order valence-corrected chi connectivity index (χ1v) is 4.88. The number of aromatic amines is 1. The van der Waals surface area contributed by atoms with Crippen molar-refractivity contribution in [3.8, 4) is 0 Å². The molecule has 68 valence electrons. The van der Waals surface area contributed by atoms with Crippen molar-refractivity contribution in [3.63, 3.8) is 0 Å². The standard InChI is InChI=1S/C9H8Cl2N2/c10-5-9-12-7-3-1-6(11)2-4-8(7)13-9/h1,3-4H,2,5H2,(H,12,13).